The Morgan fingerprint density at radius 2 is 2.00 bits per heavy atom. The number of urea groups is 1. The molecule has 0 spiro atoms. The Morgan fingerprint density at radius 1 is 1.23 bits per heavy atom. The number of aromatic nitrogens is 1. The average Bonchev–Trinajstić information content (AvgIpc) is 3.24. The highest BCUT2D eigenvalue weighted by molar-refractivity contribution is 5.89. The molecule has 1 fully saturated rings. The highest BCUT2D eigenvalue weighted by Crippen LogP contribution is 2.20. The molecule has 0 aliphatic carbocycles. The minimum absolute atomic E-state index is 0.0956. The minimum atomic E-state index is -0.512. The molecule has 7 heteroatoms. The van der Waals surface area contributed by atoms with Crippen LogP contribution in [0.1, 0.15) is 29.5 Å². The molecule has 2 heterocycles. The number of nitrogens with zero attached hydrogens (tertiary/aromatic N) is 1. The summed E-state index contributed by atoms with van der Waals surface area (Å²) < 4.78 is 19.7. The van der Waals surface area contributed by atoms with E-state index in [4.69, 9.17) is 4.74 Å². The Morgan fingerprint density at radius 3 is 2.74 bits per heavy atom. The van der Waals surface area contributed by atoms with Crippen molar-refractivity contribution in [3.63, 3.8) is 0 Å². The molecule has 162 valence electrons. The number of halogens is 1. The third-order valence-electron chi connectivity index (χ3n) is 5.75. The first-order valence-electron chi connectivity index (χ1n) is 10.5. The summed E-state index contributed by atoms with van der Waals surface area (Å²) >= 11 is 0. The van der Waals surface area contributed by atoms with E-state index < -0.39 is 11.8 Å². The number of aromatic amines is 1. The lowest BCUT2D eigenvalue weighted by Gasteiger charge is -2.26. The fraction of sp³-hybridized carbons (Fsp3) is 0.333. The van der Waals surface area contributed by atoms with Crippen LogP contribution in [0, 0.1) is 19.7 Å². The topological polar surface area (TPSA) is 74.4 Å². The van der Waals surface area contributed by atoms with Gasteiger partial charge in [0.25, 0.3) is 5.56 Å². The molecule has 1 aliphatic heterocycles. The fourth-order valence-corrected chi connectivity index (χ4v) is 3.86. The molecular weight excluding hydrogens is 397 g/mol. The maximum Gasteiger partial charge on any atom is 0.322 e. The van der Waals surface area contributed by atoms with Gasteiger partial charge in [0, 0.05) is 24.2 Å². The second kappa shape index (κ2) is 8.89. The molecule has 1 saturated heterocycles. The zero-order valence-electron chi connectivity index (χ0n) is 17.7. The van der Waals surface area contributed by atoms with Crippen LogP contribution >= 0.6 is 0 Å². The van der Waals surface area contributed by atoms with Gasteiger partial charge < -0.3 is 19.9 Å². The van der Waals surface area contributed by atoms with Crippen LogP contribution in [0.25, 0.3) is 10.9 Å². The number of fused-ring (bicyclic) bond motifs is 1. The molecule has 0 radical (unpaired) electrons. The van der Waals surface area contributed by atoms with Gasteiger partial charge in [-0.3, -0.25) is 4.79 Å². The van der Waals surface area contributed by atoms with Crippen molar-refractivity contribution in [2.45, 2.75) is 39.3 Å². The van der Waals surface area contributed by atoms with E-state index in [-0.39, 0.29) is 23.9 Å². The number of anilines is 1. The SMILES string of the molecule is Cc1cc2cc(CN(C[C@H]3CCCO3)C(=O)Nc3ccccc3F)c(=O)[nH]c2cc1C. The molecule has 0 bridgehead atoms. The zero-order chi connectivity index (χ0) is 22.0. The number of carbonyl (C=O) groups excluding carboxylic acids is 1. The zero-order valence-corrected chi connectivity index (χ0v) is 17.7. The number of ether oxygens (including phenoxy) is 1. The number of nitrogens with one attached hydrogen (secondary N) is 2. The van der Waals surface area contributed by atoms with Gasteiger partial charge in [0.05, 0.1) is 18.3 Å². The van der Waals surface area contributed by atoms with Crippen molar-refractivity contribution in [1.82, 2.24) is 9.88 Å². The molecule has 3 aromatic rings. The van der Waals surface area contributed by atoms with Gasteiger partial charge in [0.15, 0.2) is 0 Å². The van der Waals surface area contributed by atoms with Gasteiger partial charge >= 0.3 is 6.03 Å². The first-order chi connectivity index (χ1) is 14.9. The number of pyridine rings is 1. The van der Waals surface area contributed by atoms with E-state index in [2.05, 4.69) is 10.3 Å². The van der Waals surface area contributed by atoms with Crippen LogP contribution < -0.4 is 10.9 Å². The van der Waals surface area contributed by atoms with E-state index in [1.807, 2.05) is 32.0 Å². The van der Waals surface area contributed by atoms with E-state index in [1.165, 1.54) is 17.0 Å². The van der Waals surface area contributed by atoms with Crippen LogP contribution in [0.3, 0.4) is 0 Å². The number of para-hydroxylation sites is 1. The molecule has 1 aliphatic rings. The summed E-state index contributed by atoms with van der Waals surface area (Å²) in [6.45, 7) is 5.09. The van der Waals surface area contributed by atoms with E-state index in [0.29, 0.717) is 18.7 Å². The molecule has 2 N–H and O–H groups in total. The van der Waals surface area contributed by atoms with Gasteiger partial charge in [-0.05, 0) is 73.5 Å². The first-order valence-corrected chi connectivity index (χ1v) is 10.5. The molecule has 31 heavy (non-hydrogen) atoms. The molecular formula is C24H26FN3O3. The Balaban J connectivity index is 1.63. The normalized spacial score (nSPS) is 15.9. The van der Waals surface area contributed by atoms with Gasteiger partial charge in [-0.25, -0.2) is 9.18 Å². The number of aryl methyl sites for hydroxylation is 2. The third kappa shape index (κ3) is 4.77. The summed E-state index contributed by atoms with van der Waals surface area (Å²) in [6.07, 6.45) is 1.68. The van der Waals surface area contributed by atoms with Crippen molar-refractivity contribution >= 4 is 22.6 Å². The molecule has 2 amide bonds. The van der Waals surface area contributed by atoms with Crippen LogP contribution in [0.4, 0.5) is 14.9 Å². The highest BCUT2D eigenvalue weighted by Gasteiger charge is 2.24. The van der Waals surface area contributed by atoms with Gasteiger partial charge in [-0.1, -0.05) is 12.1 Å². The third-order valence-corrected chi connectivity index (χ3v) is 5.75. The monoisotopic (exact) mass is 423 g/mol. The number of amides is 2. The molecule has 1 atom stereocenters. The smallest absolute Gasteiger partial charge is 0.322 e. The summed E-state index contributed by atoms with van der Waals surface area (Å²) in [7, 11) is 0. The summed E-state index contributed by atoms with van der Waals surface area (Å²) in [6, 6.07) is 11.3. The van der Waals surface area contributed by atoms with Crippen molar-refractivity contribution in [3.05, 3.63) is 75.3 Å². The lowest BCUT2D eigenvalue weighted by atomic mass is 10.0. The van der Waals surface area contributed by atoms with Crippen LogP contribution in [-0.4, -0.2) is 35.2 Å². The van der Waals surface area contributed by atoms with Gasteiger partial charge in [0.1, 0.15) is 5.82 Å². The second-order valence-electron chi connectivity index (χ2n) is 8.07. The Kier molecular flexibility index (Phi) is 6.04. The van der Waals surface area contributed by atoms with Crippen LogP contribution in [0.15, 0.2) is 47.3 Å². The molecule has 0 saturated carbocycles. The number of H-pyrrole nitrogens is 1. The lowest BCUT2D eigenvalue weighted by molar-refractivity contribution is 0.0818. The maximum absolute atomic E-state index is 14.0. The van der Waals surface area contributed by atoms with Gasteiger partial charge in [-0.2, -0.15) is 0 Å². The largest absolute Gasteiger partial charge is 0.376 e. The number of benzene rings is 2. The van der Waals surface area contributed by atoms with Crippen LogP contribution in [0.2, 0.25) is 0 Å². The summed E-state index contributed by atoms with van der Waals surface area (Å²) in [4.78, 5) is 30.2. The minimum Gasteiger partial charge on any atom is -0.376 e. The van der Waals surface area contributed by atoms with E-state index in [9.17, 15) is 14.0 Å². The summed E-state index contributed by atoms with van der Waals surface area (Å²) in [5, 5.41) is 3.53. The van der Waals surface area contributed by atoms with Crippen molar-refractivity contribution in [2.75, 3.05) is 18.5 Å². The predicted molar refractivity (Wildman–Crippen MR) is 119 cm³/mol. The molecule has 2 aromatic carbocycles. The second-order valence-corrected chi connectivity index (χ2v) is 8.07. The number of carbonyl (C=O) groups is 1. The van der Waals surface area contributed by atoms with Crippen molar-refractivity contribution in [2.24, 2.45) is 0 Å². The standard InChI is InChI=1S/C24H26FN3O3/c1-15-10-17-12-18(23(29)26-22(17)11-16(15)2)13-28(14-19-6-5-9-31-19)24(30)27-21-8-4-3-7-20(21)25/h3-4,7-8,10-12,19H,5-6,9,13-14H2,1-2H3,(H,26,29)(H,27,30)/t19-/m1/s1. The highest BCUT2D eigenvalue weighted by atomic mass is 19.1. The Bertz CT molecular complexity index is 1170. The van der Waals surface area contributed by atoms with Crippen LogP contribution in [0.5, 0.6) is 0 Å². The summed E-state index contributed by atoms with van der Waals surface area (Å²) in [5.41, 5.74) is 3.31. The molecule has 0 unspecified atom stereocenters. The van der Waals surface area contributed by atoms with E-state index in [0.717, 1.165) is 34.9 Å². The quantitative estimate of drug-likeness (QED) is 0.635. The van der Waals surface area contributed by atoms with Crippen LogP contribution in [-0.2, 0) is 11.3 Å². The van der Waals surface area contributed by atoms with Gasteiger partial charge in [0.2, 0.25) is 0 Å². The summed E-state index contributed by atoms with van der Waals surface area (Å²) in [5.74, 6) is -0.512. The molecule has 4 rings (SSSR count). The number of hydrogen-bond acceptors (Lipinski definition) is 3. The average molecular weight is 423 g/mol. The number of hydrogen-bond donors (Lipinski definition) is 2. The van der Waals surface area contributed by atoms with Crippen molar-refractivity contribution in [1.29, 1.82) is 0 Å². The molecule has 1 aromatic heterocycles. The van der Waals surface area contributed by atoms with Crippen molar-refractivity contribution < 1.29 is 13.9 Å². The first kappa shape index (κ1) is 21.1. The predicted octanol–water partition coefficient (Wildman–Crippen LogP) is 4.50. The fourth-order valence-electron chi connectivity index (χ4n) is 3.86. The molecule has 6 nitrogen and oxygen atoms in total. The Labute approximate surface area is 180 Å². The Hall–Kier alpha value is -3.19. The lowest BCUT2D eigenvalue weighted by Crippen LogP contribution is -2.41. The van der Waals surface area contributed by atoms with Gasteiger partial charge in [-0.15, -0.1) is 0 Å². The van der Waals surface area contributed by atoms with E-state index in [1.54, 1.807) is 12.1 Å². The van der Waals surface area contributed by atoms with E-state index >= 15 is 0 Å². The maximum atomic E-state index is 14.0. The van der Waals surface area contributed by atoms with Crippen molar-refractivity contribution in [3.8, 4) is 0 Å². The number of rotatable bonds is 5.